The number of carbonyl (C=O) groups excluding carboxylic acids is 2. The fourth-order valence-electron chi connectivity index (χ4n) is 5.77. The highest BCUT2D eigenvalue weighted by Gasteiger charge is 2.33. The third kappa shape index (κ3) is 7.56. The van der Waals surface area contributed by atoms with Gasteiger partial charge in [-0.3, -0.25) is 19.5 Å². The molecule has 220 valence electrons. The van der Waals surface area contributed by atoms with Gasteiger partial charge in [0.2, 0.25) is 5.91 Å². The number of morpholine rings is 1. The van der Waals surface area contributed by atoms with Gasteiger partial charge in [-0.1, -0.05) is 5.16 Å². The Morgan fingerprint density at radius 2 is 1.71 bits per heavy atom. The first-order chi connectivity index (χ1) is 20.0. The molecule has 0 aromatic carbocycles. The van der Waals surface area contributed by atoms with Crippen molar-refractivity contribution in [2.24, 2.45) is 17.0 Å². The Morgan fingerprint density at radius 1 is 0.976 bits per heavy atom. The van der Waals surface area contributed by atoms with Crippen molar-refractivity contribution in [3.63, 3.8) is 0 Å². The number of anilines is 1. The van der Waals surface area contributed by atoms with Gasteiger partial charge in [-0.2, -0.15) is 0 Å². The Labute approximate surface area is 239 Å². The number of hydrogen-bond donors (Lipinski definition) is 1. The zero-order chi connectivity index (χ0) is 28.6. The zero-order valence-electron chi connectivity index (χ0n) is 23.3. The van der Waals surface area contributed by atoms with Crippen molar-refractivity contribution < 1.29 is 23.6 Å². The van der Waals surface area contributed by atoms with E-state index < -0.39 is 5.82 Å². The molecule has 2 amide bonds. The lowest BCUT2D eigenvalue weighted by atomic mass is 9.88. The standard InChI is InChI=1S/C29H38FN7O4/c30-24-2-1-8-33-28(24)27(34-41-20-26(38)36-14-16-40-17-15-36)22-6-12-37(13-7-22)29(39)23-4-10-35(11-5-23)19-21-3-9-32-25(31)18-21/h1-3,8-9,18,22-23H,4-7,10-17,19-20H2,(H2,31,32). The van der Waals surface area contributed by atoms with E-state index in [0.717, 1.165) is 38.0 Å². The van der Waals surface area contributed by atoms with Crippen LogP contribution in [-0.2, 0) is 25.7 Å². The van der Waals surface area contributed by atoms with Crippen molar-refractivity contribution in [1.29, 1.82) is 0 Å². The van der Waals surface area contributed by atoms with Crippen molar-refractivity contribution in [1.82, 2.24) is 24.7 Å². The highest BCUT2D eigenvalue weighted by molar-refractivity contribution is 6.00. The first-order valence-corrected chi connectivity index (χ1v) is 14.4. The SMILES string of the molecule is Nc1cc(CN2CCC(C(=O)N3CCC(C(=NOCC(=O)N4CCOCC4)c4ncccc4F)CC3)CC2)ccn1. The van der Waals surface area contributed by atoms with Crippen LogP contribution < -0.4 is 5.73 Å². The summed E-state index contributed by atoms with van der Waals surface area (Å²) in [5.74, 6) is -0.116. The van der Waals surface area contributed by atoms with E-state index in [-0.39, 0.29) is 36.0 Å². The second-order valence-corrected chi connectivity index (χ2v) is 10.8. The molecule has 2 aromatic heterocycles. The average molecular weight is 568 g/mol. The van der Waals surface area contributed by atoms with Gasteiger partial charge in [0.25, 0.3) is 5.91 Å². The van der Waals surface area contributed by atoms with E-state index in [1.54, 1.807) is 11.1 Å². The number of nitrogens with zero attached hydrogens (tertiary/aromatic N) is 6. The summed E-state index contributed by atoms with van der Waals surface area (Å²) in [6.45, 7) is 5.40. The van der Waals surface area contributed by atoms with Crippen LogP contribution in [0.1, 0.15) is 36.9 Å². The molecule has 5 rings (SSSR count). The van der Waals surface area contributed by atoms with E-state index in [4.69, 9.17) is 15.3 Å². The minimum absolute atomic E-state index is 0.00112. The Kier molecular flexibility index (Phi) is 9.73. The number of halogens is 1. The number of ether oxygens (including phenoxy) is 1. The Bertz CT molecular complexity index is 1220. The largest absolute Gasteiger partial charge is 0.385 e. The summed E-state index contributed by atoms with van der Waals surface area (Å²) in [6, 6.07) is 6.73. The smallest absolute Gasteiger partial charge is 0.263 e. The number of amides is 2. The van der Waals surface area contributed by atoms with Crippen LogP contribution in [0.5, 0.6) is 0 Å². The Hall–Kier alpha value is -3.64. The number of aromatic nitrogens is 2. The van der Waals surface area contributed by atoms with Gasteiger partial charge in [0.05, 0.1) is 13.2 Å². The van der Waals surface area contributed by atoms with Crippen LogP contribution in [0.3, 0.4) is 0 Å². The fraction of sp³-hybridized carbons (Fsp3) is 0.552. The maximum Gasteiger partial charge on any atom is 0.263 e. The third-order valence-corrected chi connectivity index (χ3v) is 8.10. The summed E-state index contributed by atoms with van der Waals surface area (Å²) in [7, 11) is 0. The average Bonchev–Trinajstić information content (AvgIpc) is 3.00. The lowest BCUT2D eigenvalue weighted by molar-refractivity contribution is -0.140. The van der Waals surface area contributed by atoms with Gasteiger partial charge in [0, 0.05) is 57.0 Å². The summed E-state index contributed by atoms with van der Waals surface area (Å²) in [4.78, 5) is 45.5. The molecule has 0 aliphatic carbocycles. The van der Waals surface area contributed by atoms with Crippen molar-refractivity contribution in [3.05, 3.63) is 53.7 Å². The molecule has 0 radical (unpaired) electrons. The molecule has 2 aromatic rings. The second kappa shape index (κ2) is 13.8. The first-order valence-electron chi connectivity index (χ1n) is 14.4. The van der Waals surface area contributed by atoms with Gasteiger partial charge in [-0.05, 0) is 68.6 Å². The zero-order valence-corrected chi connectivity index (χ0v) is 23.3. The number of rotatable bonds is 8. The molecule has 41 heavy (non-hydrogen) atoms. The van der Waals surface area contributed by atoms with Crippen LogP contribution in [0, 0.1) is 17.7 Å². The fourth-order valence-corrected chi connectivity index (χ4v) is 5.77. The number of nitrogen functional groups attached to an aromatic ring is 1. The maximum atomic E-state index is 14.7. The molecule has 5 heterocycles. The molecule has 0 saturated carbocycles. The summed E-state index contributed by atoms with van der Waals surface area (Å²) in [6.07, 6.45) is 6.10. The normalized spacial score (nSPS) is 19.8. The Balaban J connectivity index is 1.14. The summed E-state index contributed by atoms with van der Waals surface area (Å²) in [5.41, 5.74) is 7.44. The molecule has 3 saturated heterocycles. The van der Waals surface area contributed by atoms with Crippen LogP contribution in [0.2, 0.25) is 0 Å². The van der Waals surface area contributed by atoms with E-state index in [2.05, 4.69) is 20.0 Å². The quantitative estimate of drug-likeness (QED) is 0.379. The number of likely N-dealkylation sites (tertiary alicyclic amines) is 2. The van der Waals surface area contributed by atoms with Gasteiger partial charge >= 0.3 is 0 Å². The molecule has 3 aliphatic heterocycles. The van der Waals surface area contributed by atoms with E-state index >= 15 is 0 Å². The molecule has 12 heteroatoms. The van der Waals surface area contributed by atoms with Crippen molar-refractivity contribution in [2.45, 2.75) is 32.2 Å². The highest BCUT2D eigenvalue weighted by Crippen LogP contribution is 2.27. The van der Waals surface area contributed by atoms with Gasteiger partial charge < -0.3 is 25.1 Å². The number of pyridine rings is 2. The molecule has 11 nitrogen and oxygen atoms in total. The summed E-state index contributed by atoms with van der Waals surface area (Å²) >= 11 is 0. The highest BCUT2D eigenvalue weighted by atomic mass is 19.1. The molecule has 0 unspecified atom stereocenters. The summed E-state index contributed by atoms with van der Waals surface area (Å²) in [5, 5.41) is 4.24. The van der Waals surface area contributed by atoms with Crippen molar-refractivity contribution in [3.8, 4) is 0 Å². The van der Waals surface area contributed by atoms with Gasteiger partial charge in [0.1, 0.15) is 17.2 Å². The van der Waals surface area contributed by atoms with Crippen LogP contribution in [-0.4, -0.2) is 101 Å². The topological polar surface area (TPSA) is 126 Å². The van der Waals surface area contributed by atoms with E-state index in [0.29, 0.717) is 63.8 Å². The van der Waals surface area contributed by atoms with Gasteiger partial charge in [-0.25, -0.2) is 9.37 Å². The molecular formula is C29H38FN7O4. The molecule has 0 spiro atoms. The molecule has 3 fully saturated rings. The van der Waals surface area contributed by atoms with E-state index in [1.807, 2.05) is 17.0 Å². The first kappa shape index (κ1) is 28.9. The van der Waals surface area contributed by atoms with Crippen molar-refractivity contribution >= 4 is 23.3 Å². The molecule has 2 N–H and O–H groups in total. The third-order valence-electron chi connectivity index (χ3n) is 8.10. The number of oxime groups is 1. The van der Waals surface area contributed by atoms with Gasteiger partial charge in [-0.15, -0.1) is 0 Å². The molecule has 3 aliphatic rings. The van der Waals surface area contributed by atoms with Crippen molar-refractivity contribution in [2.75, 3.05) is 64.8 Å². The lowest BCUT2D eigenvalue weighted by Gasteiger charge is -2.37. The number of hydrogen-bond acceptors (Lipinski definition) is 9. The van der Waals surface area contributed by atoms with E-state index in [1.165, 1.54) is 18.3 Å². The Morgan fingerprint density at radius 3 is 2.41 bits per heavy atom. The molecule has 0 atom stereocenters. The monoisotopic (exact) mass is 567 g/mol. The maximum absolute atomic E-state index is 14.7. The second-order valence-electron chi connectivity index (χ2n) is 10.8. The minimum Gasteiger partial charge on any atom is -0.385 e. The minimum atomic E-state index is -0.492. The van der Waals surface area contributed by atoms with Crippen LogP contribution in [0.15, 0.2) is 41.8 Å². The molecular weight excluding hydrogens is 529 g/mol. The van der Waals surface area contributed by atoms with Crippen LogP contribution >= 0.6 is 0 Å². The predicted octanol–water partition coefficient (Wildman–Crippen LogP) is 1.93. The lowest BCUT2D eigenvalue weighted by Crippen LogP contribution is -2.46. The summed E-state index contributed by atoms with van der Waals surface area (Å²) < 4.78 is 20.0. The van der Waals surface area contributed by atoms with Crippen LogP contribution in [0.4, 0.5) is 10.2 Å². The number of carbonyl (C=O) groups is 2. The number of nitrogens with two attached hydrogens (primary N) is 1. The van der Waals surface area contributed by atoms with Gasteiger partial charge in [0.15, 0.2) is 12.4 Å². The van der Waals surface area contributed by atoms with Crippen LogP contribution in [0.25, 0.3) is 0 Å². The number of piperidine rings is 2. The molecule has 0 bridgehead atoms. The van der Waals surface area contributed by atoms with E-state index in [9.17, 15) is 14.0 Å². The predicted molar refractivity (Wildman–Crippen MR) is 150 cm³/mol.